The van der Waals surface area contributed by atoms with Crippen molar-refractivity contribution in [1.82, 2.24) is 10.2 Å². The third-order valence-corrected chi connectivity index (χ3v) is 5.71. The molecule has 1 heterocycles. The Labute approximate surface area is 126 Å². The summed E-state index contributed by atoms with van der Waals surface area (Å²) in [5.41, 5.74) is 2.26. The molecule has 1 aliphatic heterocycles. The van der Waals surface area contributed by atoms with Crippen molar-refractivity contribution in [3.8, 4) is 0 Å². The van der Waals surface area contributed by atoms with Crippen LogP contribution < -0.4 is 5.32 Å². The standard InChI is InChI=1S/C18H24N2O/c1-12-5-3-8-15(11-12)16-19-18(9-10-18)17(21)20(16)13(2)14-6-4-7-14/h3,5,8,11,13-14,16,19H,4,6-7,9-10H2,1-2H3. The van der Waals surface area contributed by atoms with Crippen molar-refractivity contribution in [1.29, 1.82) is 0 Å². The largest absolute Gasteiger partial charge is 0.318 e. The molecule has 3 nitrogen and oxygen atoms in total. The van der Waals surface area contributed by atoms with Gasteiger partial charge in [-0.15, -0.1) is 0 Å². The van der Waals surface area contributed by atoms with Gasteiger partial charge < -0.3 is 4.90 Å². The van der Waals surface area contributed by atoms with Gasteiger partial charge in [0.2, 0.25) is 5.91 Å². The van der Waals surface area contributed by atoms with Gasteiger partial charge in [-0.05, 0) is 51.0 Å². The minimum atomic E-state index is -0.230. The predicted molar refractivity (Wildman–Crippen MR) is 82.7 cm³/mol. The summed E-state index contributed by atoms with van der Waals surface area (Å²) in [7, 11) is 0. The zero-order valence-corrected chi connectivity index (χ0v) is 12.9. The summed E-state index contributed by atoms with van der Waals surface area (Å²) in [6.45, 7) is 4.36. The topological polar surface area (TPSA) is 32.3 Å². The zero-order valence-electron chi connectivity index (χ0n) is 12.9. The van der Waals surface area contributed by atoms with Gasteiger partial charge in [-0.1, -0.05) is 36.2 Å². The lowest BCUT2D eigenvalue weighted by Crippen LogP contribution is -2.44. The van der Waals surface area contributed by atoms with Crippen LogP contribution in [0.5, 0.6) is 0 Å². The maximum Gasteiger partial charge on any atom is 0.244 e. The van der Waals surface area contributed by atoms with Gasteiger partial charge in [0.1, 0.15) is 11.7 Å². The fraction of sp³-hybridized carbons (Fsp3) is 0.611. The van der Waals surface area contributed by atoms with Crippen LogP contribution in [0, 0.1) is 12.8 Å². The molecular formula is C18H24N2O. The first-order valence-corrected chi connectivity index (χ1v) is 8.28. The van der Waals surface area contributed by atoms with E-state index in [-0.39, 0.29) is 11.7 Å². The summed E-state index contributed by atoms with van der Waals surface area (Å²) in [5.74, 6) is 1.03. The molecule has 3 aliphatic rings. The number of rotatable bonds is 3. The Morgan fingerprint density at radius 3 is 2.67 bits per heavy atom. The fourth-order valence-corrected chi connectivity index (χ4v) is 3.89. The first-order valence-electron chi connectivity index (χ1n) is 8.28. The van der Waals surface area contributed by atoms with Gasteiger partial charge in [-0.25, -0.2) is 0 Å². The molecule has 3 fully saturated rings. The maximum absolute atomic E-state index is 12.9. The molecule has 0 aromatic heterocycles. The Bertz CT molecular complexity index is 574. The number of carbonyl (C=O) groups is 1. The van der Waals surface area contributed by atoms with E-state index in [2.05, 4.69) is 48.3 Å². The second-order valence-corrected chi connectivity index (χ2v) is 7.19. The number of nitrogens with one attached hydrogen (secondary N) is 1. The van der Waals surface area contributed by atoms with Crippen molar-refractivity contribution in [2.24, 2.45) is 5.92 Å². The van der Waals surface area contributed by atoms with E-state index in [0.717, 1.165) is 12.8 Å². The molecule has 0 radical (unpaired) electrons. The molecule has 1 N–H and O–H groups in total. The number of nitrogens with zero attached hydrogens (tertiary/aromatic N) is 1. The van der Waals surface area contributed by atoms with Crippen molar-refractivity contribution in [3.05, 3.63) is 35.4 Å². The van der Waals surface area contributed by atoms with E-state index in [9.17, 15) is 4.79 Å². The maximum atomic E-state index is 12.9. The molecule has 2 unspecified atom stereocenters. The van der Waals surface area contributed by atoms with E-state index in [1.165, 1.54) is 30.4 Å². The van der Waals surface area contributed by atoms with Crippen molar-refractivity contribution >= 4 is 5.91 Å². The van der Waals surface area contributed by atoms with E-state index in [1.54, 1.807) is 0 Å². The first-order chi connectivity index (χ1) is 10.1. The molecule has 3 heteroatoms. The molecular weight excluding hydrogens is 260 g/mol. The molecule has 21 heavy (non-hydrogen) atoms. The minimum absolute atomic E-state index is 0.0653. The quantitative estimate of drug-likeness (QED) is 0.925. The Hall–Kier alpha value is -1.35. The van der Waals surface area contributed by atoms with E-state index >= 15 is 0 Å². The van der Waals surface area contributed by atoms with Gasteiger partial charge in [0.15, 0.2) is 0 Å². The summed E-state index contributed by atoms with van der Waals surface area (Å²) in [6, 6.07) is 8.93. The smallest absolute Gasteiger partial charge is 0.244 e. The lowest BCUT2D eigenvalue weighted by Gasteiger charge is -2.40. The van der Waals surface area contributed by atoms with Crippen LogP contribution in [0.15, 0.2) is 24.3 Å². The molecule has 2 aliphatic carbocycles. The van der Waals surface area contributed by atoms with Crippen molar-refractivity contribution in [2.45, 2.75) is 63.7 Å². The molecule has 4 rings (SSSR count). The summed E-state index contributed by atoms with van der Waals surface area (Å²) >= 11 is 0. The summed E-state index contributed by atoms with van der Waals surface area (Å²) in [4.78, 5) is 15.1. The second-order valence-electron chi connectivity index (χ2n) is 7.19. The lowest BCUT2D eigenvalue weighted by atomic mass is 9.79. The molecule has 1 amide bonds. The van der Waals surface area contributed by atoms with Crippen LogP contribution in [-0.2, 0) is 4.79 Å². The summed E-state index contributed by atoms with van der Waals surface area (Å²) in [6.07, 6.45) is 5.95. The highest BCUT2D eigenvalue weighted by Crippen LogP contribution is 2.48. The molecule has 1 saturated heterocycles. The number of carbonyl (C=O) groups excluding carboxylic acids is 1. The summed E-state index contributed by atoms with van der Waals surface area (Å²) < 4.78 is 0. The van der Waals surface area contributed by atoms with Crippen LogP contribution in [0.3, 0.4) is 0 Å². The van der Waals surface area contributed by atoms with Gasteiger partial charge >= 0.3 is 0 Å². The molecule has 1 spiro atoms. The second kappa shape index (κ2) is 4.57. The Balaban J connectivity index is 1.68. The van der Waals surface area contributed by atoms with Gasteiger partial charge in [0.05, 0.1) is 0 Å². The Morgan fingerprint density at radius 2 is 2.10 bits per heavy atom. The van der Waals surface area contributed by atoms with Crippen LogP contribution in [0.4, 0.5) is 0 Å². The Morgan fingerprint density at radius 1 is 1.33 bits per heavy atom. The van der Waals surface area contributed by atoms with Crippen LogP contribution in [0.1, 0.15) is 56.3 Å². The molecule has 0 bridgehead atoms. The average Bonchev–Trinajstić information content (AvgIpc) is 3.10. The highest BCUT2D eigenvalue weighted by Gasteiger charge is 2.60. The van der Waals surface area contributed by atoms with Gasteiger partial charge in [-0.3, -0.25) is 10.1 Å². The zero-order chi connectivity index (χ0) is 14.6. The first kappa shape index (κ1) is 13.3. The fourth-order valence-electron chi connectivity index (χ4n) is 3.89. The highest BCUT2D eigenvalue weighted by atomic mass is 16.2. The third kappa shape index (κ3) is 2.02. The van der Waals surface area contributed by atoms with Crippen LogP contribution in [0.25, 0.3) is 0 Å². The molecule has 1 aromatic rings. The Kier molecular flexibility index (Phi) is 2.90. The number of amides is 1. The number of hydrogen-bond acceptors (Lipinski definition) is 2. The van der Waals surface area contributed by atoms with E-state index in [1.807, 2.05) is 0 Å². The summed E-state index contributed by atoms with van der Waals surface area (Å²) in [5, 5.41) is 3.65. The van der Waals surface area contributed by atoms with Crippen molar-refractivity contribution in [2.75, 3.05) is 0 Å². The van der Waals surface area contributed by atoms with Crippen LogP contribution in [-0.4, -0.2) is 22.4 Å². The lowest BCUT2D eigenvalue weighted by molar-refractivity contribution is -0.134. The van der Waals surface area contributed by atoms with E-state index < -0.39 is 0 Å². The number of aryl methyl sites for hydroxylation is 1. The van der Waals surface area contributed by atoms with Gasteiger partial charge in [-0.2, -0.15) is 0 Å². The monoisotopic (exact) mass is 284 g/mol. The minimum Gasteiger partial charge on any atom is -0.318 e. The van der Waals surface area contributed by atoms with Gasteiger partial charge in [0.25, 0.3) is 0 Å². The third-order valence-electron chi connectivity index (χ3n) is 5.71. The van der Waals surface area contributed by atoms with E-state index in [4.69, 9.17) is 0 Å². The SMILES string of the molecule is Cc1cccc(C2NC3(CC3)C(=O)N2C(C)C2CCC2)c1. The molecule has 2 saturated carbocycles. The number of hydrogen-bond donors (Lipinski definition) is 1. The van der Waals surface area contributed by atoms with Crippen LogP contribution in [0.2, 0.25) is 0 Å². The molecule has 2 atom stereocenters. The molecule has 1 aromatic carbocycles. The van der Waals surface area contributed by atoms with Gasteiger partial charge in [0, 0.05) is 6.04 Å². The highest BCUT2D eigenvalue weighted by molar-refractivity contribution is 5.92. The average molecular weight is 284 g/mol. The predicted octanol–water partition coefficient (Wildman–Crippen LogP) is 3.15. The van der Waals surface area contributed by atoms with Crippen LogP contribution >= 0.6 is 0 Å². The van der Waals surface area contributed by atoms with Crippen molar-refractivity contribution < 1.29 is 4.79 Å². The number of benzene rings is 1. The van der Waals surface area contributed by atoms with Crippen molar-refractivity contribution in [3.63, 3.8) is 0 Å². The molecule has 112 valence electrons. The van der Waals surface area contributed by atoms with E-state index in [0.29, 0.717) is 17.9 Å². The normalized spacial score (nSPS) is 28.8.